The van der Waals surface area contributed by atoms with Gasteiger partial charge in [-0.15, -0.1) is 11.3 Å². The number of nitriles is 1. The third-order valence-electron chi connectivity index (χ3n) is 7.38. The van der Waals surface area contributed by atoms with E-state index in [1.807, 2.05) is 36.4 Å². The summed E-state index contributed by atoms with van der Waals surface area (Å²) in [5, 5.41) is 39.9. The fourth-order valence-corrected chi connectivity index (χ4v) is 6.54. The number of aliphatic carboxylic acids is 1. The topological polar surface area (TPSA) is 102 Å². The average Bonchev–Trinajstić information content (AvgIpc) is 3.29. The van der Waals surface area contributed by atoms with E-state index in [-0.39, 0.29) is 29.6 Å². The molecule has 1 aromatic heterocycles. The molecule has 1 aromatic rings. The van der Waals surface area contributed by atoms with E-state index in [2.05, 4.69) is 6.07 Å². The van der Waals surface area contributed by atoms with Crippen molar-refractivity contribution in [2.75, 3.05) is 0 Å². The summed E-state index contributed by atoms with van der Waals surface area (Å²) in [6.07, 6.45) is 14.1. The Morgan fingerprint density at radius 3 is 2.73 bits per heavy atom. The number of hydrogen-bond donors (Lipinski definition) is 3. The van der Waals surface area contributed by atoms with E-state index in [0.29, 0.717) is 32.1 Å². The van der Waals surface area contributed by atoms with Crippen LogP contribution in [0.5, 0.6) is 0 Å². The van der Waals surface area contributed by atoms with Crippen LogP contribution in [0.3, 0.4) is 0 Å². The lowest BCUT2D eigenvalue weighted by molar-refractivity contribution is -0.137. The second-order valence-electron chi connectivity index (χ2n) is 9.55. The van der Waals surface area contributed by atoms with Gasteiger partial charge in [0.05, 0.1) is 28.5 Å². The van der Waals surface area contributed by atoms with Crippen LogP contribution in [-0.2, 0) is 11.2 Å². The molecule has 1 heterocycles. The number of halogens is 1. The van der Waals surface area contributed by atoms with Crippen molar-refractivity contribution >= 4 is 28.9 Å². The summed E-state index contributed by atoms with van der Waals surface area (Å²) >= 11 is 7.66. The first-order valence-electron chi connectivity index (χ1n) is 11.9. The monoisotopic (exact) mass is 491 g/mol. The summed E-state index contributed by atoms with van der Waals surface area (Å²) in [6.45, 7) is 0. The number of carbonyl (C=O) groups is 1. The van der Waals surface area contributed by atoms with E-state index in [1.165, 1.54) is 4.88 Å². The predicted molar refractivity (Wildman–Crippen MR) is 131 cm³/mol. The predicted octanol–water partition coefficient (Wildman–Crippen LogP) is 5.76. The zero-order valence-electron chi connectivity index (χ0n) is 18.9. The van der Waals surface area contributed by atoms with Gasteiger partial charge in [-0.2, -0.15) is 5.26 Å². The molecule has 0 saturated heterocycles. The van der Waals surface area contributed by atoms with Crippen molar-refractivity contribution in [3.8, 4) is 6.07 Å². The van der Waals surface area contributed by atoms with Gasteiger partial charge in [0.1, 0.15) is 0 Å². The maximum Gasteiger partial charge on any atom is 0.303 e. The highest BCUT2D eigenvalue weighted by molar-refractivity contribution is 7.16. The third-order valence-corrected chi connectivity index (χ3v) is 8.61. The normalized spacial score (nSPS) is 27.6. The second kappa shape index (κ2) is 12.2. The second-order valence-corrected chi connectivity index (χ2v) is 11.4. The van der Waals surface area contributed by atoms with Crippen LogP contribution in [0, 0.1) is 34.5 Å². The van der Waals surface area contributed by atoms with E-state index >= 15 is 0 Å². The lowest BCUT2D eigenvalue weighted by atomic mass is 9.62. The number of nitrogens with zero attached hydrogens (tertiary/aromatic N) is 1. The zero-order valence-corrected chi connectivity index (χ0v) is 20.5. The molecule has 2 aliphatic rings. The number of aliphatic hydroxyl groups excluding tert-OH is 2. The van der Waals surface area contributed by atoms with Crippen molar-refractivity contribution in [1.29, 1.82) is 5.26 Å². The van der Waals surface area contributed by atoms with Gasteiger partial charge in [0.25, 0.3) is 0 Å². The molecule has 3 N–H and O–H groups in total. The van der Waals surface area contributed by atoms with Gasteiger partial charge >= 0.3 is 5.97 Å². The van der Waals surface area contributed by atoms with Crippen molar-refractivity contribution in [2.45, 2.75) is 76.4 Å². The van der Waals surface area contributed by atoms with Crippen molar-refractivity contribution < 1.29 is 20.1 Å². The van der Waals surface area contributed by atoms with Crippen LogP contribution < -0.4 is 0 Å². The van der Waals surface area contributed by atoms with E-state index in [1.54, 1.807) is 11.3 Å². The van der Waals surface area contributed by atoms with Crippen LogP contribution in [0.1, 0.15) is 62.7 Å². The van der Waals surface area contributed by atoms with Gasteiger partial charge in [-0.25, -0.2) is 0 Å². The molecule has 5 atom stereocenters. The molecule has 33 heavy (non-hydrogen) atoms. The van der Waals surface area contributed by atoms with E-state index in [4.69, 9.17) is 16.7 Å². The van der Waals surface area contributed by atoms with E-state index < -0.39 is 18.2 Å². The molecular formula is C26H34ClNO4S. The number of unbranched alkanes of at least 4 members (excludes halogenated alkanes) is 1. The number of carboxylic acids is 1. The molecule has 3 rings (SSSR count). The van der Waals surface area contributed by atoms with Gasteiger partial charge in [0, 0.05) is 22.6 Å². The highest BCUT2D eigenvalue weighted by atomic mass is 35.5. The molecule has 1 unspecified atom stereocenters. The third kappa shape index (κ3) is 6.93. The number of allylic oxidation sites excluding steroid dienone is 2. The molecule has 0 bridgehead atoms. The Hall–Kier alpha value is -1.65. The fraction of sp³-hybridized carbons (Fsp3) is 0.615. The molecule has 5 nitrogen and oxygen atoms in total. The van der Waals surface area contributed by atoms with Crippen LogP contribution in [0.25, 0.3) is 0 Å². The van der Waals surface area contributed by atoms with Crippen LogP contribution in [-0.4, -0.2) is 33.5 Å². The SMILES string of the molecule is N#C[C@@H]1C[C@@H](O)[C@H](/C=C/CC(O)C2(Cc3ccc(Cl)s3)CCC2)[C@H]1C/C=C\CCCC(=O)O. The average molecular weight is 492 g/mol. The molecular weight excluding hydrogens is 458 g/mol. The smallest absolute Gasteiger partial charge is 0.303 e. The first kappa shape index (κ1) is 26.0. The molecule has 2 fully saturated rings. The molecule has 0 aliphatic heterocycles. The van der Waals surface area contributed by atoms with Crippen molar-refractivity contribution in [2.24, 2.45) is 23.2 Å². The van der Waals surface area contributed by atoms with Gasteiger partial charge < -0.3 is 15.3 Å². The van der Waals surface area contributed by atoms with Crippen LogP contribution in [0.2, 0.25) is 4.34 Å². The molecule has 0 amide bonds. The number of hydrogen-bond acceptors (Lipinski definition) is 5. The van der Waals surface area contributed by atoms with Crippen molar-refractivity contribution in [1.82, 2.24) is 0 Å². The Morgan fingerprint density at radius 1 is 1.33 bits per heavy atom. The van der Waals surface area contributed by atoms with Crippen LogP contribution in [0.15, 0.2) is 36.4 Å². The summed E-state index contributed by atoms with van der Waals surface area (Å²) in [5.41, 5.74) is -0.0971. The minimum Gasteiger partial charge on any atom is -0.481 e. The first-order valence-corrected chi connectivity index (χ1v) is 13.1. The standard InChI is InChI=1S/C26H34ClNO4S/c27-24-12-11-19(33-24)16-26(13-6-14-26)23(30)9-5-8-21-20(18(17-28)15-22(21)29)7-3-1-2-4-10-25(31)32/h1,3,5,8,11-12,18,20-23,29-30H,2,4,6-7,9-10,13-16H2,(H,31,32)/b3-1-,8-5+/t18-,20-,21+,22+,23?/m0/s1. The van der Waals surface area contributed by atoms with Gasteiger partial charge in [-0.05, 0) is 69.4 Å². The highest BCUT2D eigenvalue weighted by Gasteiger charge is 2.44. The van der Waals surface area contributed by atoms with Gasteiger partial charge in [0.15, 0.2) is 0 Å². The zero-order chi connectivity index (χ0) is 23.8. The molecule has 2 aliphatic carbocycles. The lowest BCUT2D eigenvalue weighted by Crippen LogP contribution is -2.42. The lowest BCUT2D eigenvalue weighted by Gasteiger charge is -2.45. The molecule has 0 spiro atoms. The van der Waals surface area contributed by atoms with Gasteiger partial charge in [0.2, 0.25) is 0 Å². The molecule has 0 radical (unpaired) electrons. The highest BCUT2D eigenvalue weighted by Crippen LogP contribution is 2.49. The van der Waals surface area contributed by atoms with Gasteiger partial charge in [-0.1, -0.05) is 42.3 Å². The number of carboxylic acid groups (broad SMARTS) is 1. The Kier molecular flexibility index (Phi) is 9.57. The summed E-state index contributed by atoms with van der Waals surface area (Å²) in [4.78, 5) is 11.8. The van der Waals surface area contributed by atoms with Crippen molar-refractivity contribution in [3.05, 3.63) is 45.7 Å². The summed E-state index contributed by atoms with van der Waals surface area (Å²) in [6, 6.07) is 6.31. The Bertz CT molecular complexity index is 885. The summed E-state index contributed by atoms with van der Waals surface area (Å²) < 4.78 is 0.776. The molecule has 2 saturated carbocycles. The molecule has 0 aromatic carbocycles. The van der Waals surface area contributed by atoms with Crippen molar-refractivity contribution in [3.63, 3.8) is 0 Å². The Morgan fingerprint density at radius 2 is 2.12 bits per heavy atom. The number of thiophene rings is 1. The maximum absolute atomic E-state index is 11.0. The van der Waals surface area contributed by atoms with Gasteiger partial charge in [-0.3, -0.25) is 4.79 Å². The Labute approximate surface area is 205 Å². The number of aliphatic hydroxyl groups is 2. The number of rotatable bonds is 12. The van der Waals surface area contributed by atoms with E-state index in [9.17, 15) is 20.3 Å². The minimum absolute atomic E-state index is 0.0278. The summed E-state index contributed by atoms with van der Waals surface area (Å²) in [5.74, 6) is -1.08. The van der Waals surface area contributed by atoms with Crippen LogP contribution in [0.4, 0.5) is 0 Å². The molecule has 180 valence electrons. The first-order chi connectivity index (χ1) is 15.8. The maximum atomic E-state index is 11.0. The minimum atomic E-state index is -0.790. The van der Waals surface area contributed by atoms with Crippen LogP contribution >= 0.6 is 22.9 Å². The largest absolute Gasteiger partial charge is 0.481 e. The Balaban J connectivity index is 1.56. The molecule has 7 heteroatoms. The van der Waals surface area contributed by atoms with E-state index in [0.717, 1.165) is 30.0 Å². The fourth-order valence-electron chi connectivity index (χ4n) is 5.30. The quantitative estimate of drug-likeness (QED) is 0.255. The summed E-state index contributed by atoms with van der Waals surface area (Å²) in [7, 11) is 0.